The van der Waals surface area contributed by atoms with Crippen LogP contribution in [0.5, 0.6) is 0 Å². The van der Waals surface area contributed by atoms with Crippen LogP contribution in [0.4, 0.5) is 0 Å². The maximum absolute atomic E-state index is 2.34. The molecule has 0 aromatic carbocycles. The normalized spacial score (nSPS) is 22.4. The van der Waals surface area contributed by atoms with E-state index >= 15 is 0 Å². The fraction of sp³-hybridized carbons (Fsp3) is 1.00. The molecule has 0 amide bonds. The molecule has 8 rings (SSSR count). The molecule has 8 aliphatic carbocycles. The van der Waals surface area contributed by atoms with Crippen LogP contribution in [0, 0.1) is 11.8 Å². The van der Waals surface area contributed by atoms with Crippen LogP contribution in [0.3, 0.4) is 0 Å². The van der Waals surface area contributed by atoms with E-state index in [1.165, 1.54) is 257 Å². The van der Waals surface area contributed by atoms with Crippen LogP contribution >= 0.6 is 0 Å². The number of rotatable bonds is 0. The first-order valence-corrected chi connectivity index (χ1v) is 21.8. The van der Waals surface area contributed by atoms with Gasteiger partial charge >= 0.3 is 0 Å². The maximum atomic E-state index is 2.34. The van der Waals surface area contributed by atoms with Crippen molar-refractivity contribution in [1.29, 1.82) is 0 Å². The second kappa shape index (κ2) is 49.0. The first kappa shape index (κ1) is 56.7. The Hall–Kier alpha value is 1.97. The molecular weight excluding hydrogens is 763 g/mol. The van der Waals surface area contributed by atoms with Crippen LogP contribution in [0.25, 0.3) is 0 Å². The molecule has 0 bridgehead atoms. The van der Waals surface area contributed by atoms with Crippen LogP contribution in [-0.4, -0.2) is 0 Å². The summed E-state index contributed by atoms with van der Waals surface area (Å²) in [6.07, 6.45) is 59.9. The average Bonchev–Trinajstić information content (AvgIpc) is 3.94. The molecule has 0 aromatic rings. The van der Waals surface area contributed by atoms with E-state index < -0.39 is 0 Å². The van der Waals surface area contributed by atoms with E-state index in [-0.39, 0.29) is 66.0 Å². The van der Waals surface area contributed by atoms with Crippen LogP contribution in [0.2, 0.25) is 0 Å². The van der Waals surface area contributed by atoms with Gasteiger partial charge in [0, 0.05) is 66.0 Å². The molecule has 8 aliphatic rings. The third-order valence-electron chi connectivity index (χ3n) is 11.3. The van der Waals surface area contributed by atoms with Crippen LogP contribution in [0.15, 0.2) is 0 Å². The van der Waals surface area contributed by atoms with E-state index in [0.717, 1.165) is 11.8 Å². The van der Waals surface area contributed by atoms with Gasteiger partial charge in [0.05, 0.1) is 0 Å². The summed E-state index contributed by atoms with van der Waals surface area (Å²) in [6, 6.07) is 0. The molecule has 0 atom stereocenters. The van der Waals surface area contributed by atoms with Crippen molar-refractivity contribution >= 4 is 0 Å². The Morgan fingerprint density at radius 2 is 0.250 bits per heavy atom. The van der Waals surface area contributed by atoms with Crippen LogP contribution in [0.1, 0.15) is 271 Å². The largest absolute Gasteiger partial charge is 0.0625 e. The Bertz CT molecular complexity index is 373. The van der Waals surface area contributed by atoms with Crippen molar-refractivity contribution in [2.24, 2.45) is 11.8 Å². The summed E-state index contributed by atoms with van der Waals surface area (Å²) in [7, 11) is 0. The molecule has 0 N–H and O–H groups in total. The van der Waals surface area contributed by atoms with Gasteiger partial charge in [-0.05, 0) is 11.8 Å². The van der Waals surface area contributed by atoms with Gasteiger partial charge in [-0.25, -0.2) is 0 Å². The third kappa shape index (κ3) is 46.0. The van der Waals surface area contributed by atoms with E-state index in [1.807, 2.05) is 0 Å². The average molecular weight is 852 g/mol. The fourth-order valence-electron chi connectivity index (χ4n) is 7.92. The molecule has 0 aliphatic heterocycles. The zero-order chi connectivity index (χ0) is 31.4. The van der Waals surface area contributed by atoms with Gasteiger partial charge in [0.25, 0.3) is 0 Å². The molecular formula is C44H88Ni4. The Balaban J connectivity index is -0.000000228. The monoisotopic (exact) mass is 848 g/mol. The van der Waals surface area contributed by atoms with Gasteiger partial charge in [0.15, 0.2) is 0 Å². The van der Waals surface area contributed by atoms with Crippen molar-refractivity contribution in [3.8, 4) is 0 Å². The Kier molecular flexibility index (Phi) is 57.9. The van der Waals surface area contributed by atoms with E-state index in [9.17, 15) is 0 Å². The summed E-state index contributed by atoms with van der Waals surface area (Å²) in [5.74, 6) is 2.09. The Morgan fingerprint density at radius 3 is 0.292 bits per heavy atom. The van der Waals surface area contributed by atoms with Gasteiger partial charge < -0.3 is 0 Å². The van der Waals surface area contributed by atoms with Crippen molar-refractivity contribution in [2.45, 2.75) is 271 Å². The predicted molar refractivity (Wildman–Crippen MR) is 203 cm³/mol. The smallest absolute Gasteiger partial charge is 0 e. The molecule has 0 spiro atoms. The second-order valence-corrected chi connectivity index (χ2v) is 16.1. The first-order chi connectivity index (χ1) is 21.8. The van der Waals surface area contributed by atoms with Crippen molar-refractivity contribution < 1.29 is 66.0 Å². The van der Waals surface area contributed by atoms with E-state index in [1.54, 1.807) is 0 Å². The molecule has 0 radical (unpaired) electrons. The molecule has 0 unspecified atom stereocenters. The molecule has 8 fully saturated rings. The quantitative estimate of drug-likeness (QED) is 0.213. The number of hydrogen-bond acceptors (Lipinski definition) is 0. The molecule has 48 heavy (non-hydrogen) atoms. The van der Waals surface area contributed by atoms with Gasteiger partial charge in [-0.1, -0.05) is 271 Å². The molecule has 8 saturated carbocycles. The van der Waals surface area contributed by atoms with Crippen LogP contribution < -0.4 is 0 Å². The van der Waals surface area contributed by atoms with Crippen LogP contribution in [-0.2, 0) is 66.0 Å². The molecule has 304 valence electrons. The van der Waals surface area contributed by atoms with E-state index in [2.05, 4.69) is 13.8 Å². The molecule has 0 saturated heterocycles. The zero-order valence-electron chi connectivity index (χ0n) is 32.7. The van der Waals surface area contributed by atoms with Gasteiger partial charge in [-0.15, -0.1) is 0 Å². The van der Waals surface area contributed by atoms with Gasteiger partial charge in [0.1, 0.15) is 0 Å². The third-order valence-corrected chi connectivity index (χ3v) is 11.3. The summed E-state index contributed by atoms with van der Waals surface area (Å²) in [4.78, 5) is 0. The fourth-order valence-corrected chi connectivity index (χ4v) is 7.92. The summed E-state index contributed by atoms with van der Waals surface area (Å²) in [5, 5.41) is 0. The van der Waals surface area contributed by atoms with Crippen molar-refractivity contribution in [2.75, 3.05) is 0 Å². The minimum atomic E-state index is 0. The Labute approximate surface area is 346 Å². The molecule has 0 aromatic heterocycles. The Morgan fingerprint density at radius 1 is 0.167 bits per heavy atom. The summed E-state index contributed by atoms with van der Waals surface area (Å²) >= 11 is 0. The molecule has 0 heterocycles. The minimum absolute atomic E-state index is 0. The topological polar surface area (TPSA) is 0 Å². The predicted octanol–water partition coefficient (Wildman–Crippen LogP) is 16.9. The van der Waals surface area contributed by atoms with Gasteiger partial charge in [0.2, 0.25) is 0 Å². The SMILES string of the molecule is C1CCCC1.C1CCCC1.C1CCCC1.C1CCCC1.C1CCCCC1.C1CCCCC1.CC1CCCC1.CC1CCCC1.[Ni].[Ni].[Ni].[Ni]. The van der Waals surface area contributed by atoms with Crippen molar-refractivity contribution in [3.05, 3.63) is 0 Å². The van der Waals surface area contributed by atoms with Gasteiger partial charge in [-0.3, -0.25) is 0 Å². The first-order valence-electron chi connectivity index (χ1n) is 21.8. The number of hydrogen-bond donors (Lipinski definition) is 0. The molecule has 0 nitrogen and oxygen atoms in total. The second-order valence-electron chi connectivity index (χ2n) is 16.1. The summed E-state index contributed by atoms with van der Waals surface area (Å²) < 4.78 is 0. The van der Waals surface area contributed by atoms with Gasteiger partial charge in [-0.2, -0.15) is 0 Å². The minimum Gasteiger partial charge on any atom is -0.0625 e. The maximum Gasteiger partial charge on any atom is 0 e. The zero-order valence-corrected chi connectivity index (χ0v) is 36.7. The van der Waals surface area contributed by atoms with E-state index in [4.69, 9.17) is 0 Å². The summed E-state index contributed by atoms with van der Waals surface area (Å²) in [5.41, 5.74) is 0. The molecule has 4 heteroatoms. The van der Waals surface area contributed by atoms with Crippen molar-refractivity contribution in [3.63, 3.8) is 0 Å². The van der Waals surface area contributed by atoms with E-state index in [0.29, 0.717) is 0 Å². The standard InChI is InChI=1S/4C6H12.4C5H10.4Ni/c2*1-6-4-2-3-5-6;2*1-2-4-6-5-3-1;4*1-2-4-5-3-1;;;;/h2*6H,2-5H2,1H3;2*1-6H2;4*1-5H2;;;;. The van der Waals surface area contributed by atoms with Crippen molar-refractivity contribution in [1.82, 2.24) is 0 Å². The summed E-state index contributed by atoms with van der Waals surface area (Å²) in [6.45, 7) is 4.68.